The van der Waals surface area contributed by atoms with Gasteiger partial charge in [0, 0.05) is 21.3 Å². The molecule has 146 valence electrons. The summed E-state index contributed by atoms with van der Waals surface area (Å²) in [5.74, 6) is -0.802. The molecular weight excluding hydrogens is 461 g/mol. The Bertz CT molecular complexity index is 1260. The van der Waals surface area contributed by atoms with Gasteiger partial charge in [-0.3, -0.25) is 4.79 Å². The van der Waals surface area contributed by atoms with Crippen LogP contribution in [0.1, 0.15) is 15.9 Å². The molecule has 0 aromatic heterocycles. The molecule has 0 saturated carbocycles. The van der Waals surface area contributed by atoms with Crippen LogP contribution < -0.4 is 10.6 Å². The number of amidine groups is 1. The molecule has 0 bridgehead atoms. The van der Waals surface area contributed by atoms with E-state index in [1.54, 1.807) is 48.5 Å². The van der Waals surface area contributed by atoms with Crippen LogP contribution in [0.2, 0.25) is 0 Å². The van der Waals surface area contributed by atoms with E-state index in [2.05, 4.69) is 31.0 Å². The SMILES string of the molecule is O=C(Nc1ccc(Br)cc1F)c1ccc(NC2=NS(=O)(=O)c3ccccc32)cc1. The molecule has 1 amide bonds. The summed E-state index contributed by atoms with van der Waals surface area (Å²) in [7, 11) is -3.72. The number of sulfonamides is 1. The van der Waals surface area contributed by atoms with Gasteiger partial charge in [-0.2, -0.15) is 8.42 Å². The highest BCUT2D eigenvalue weighted by atomic mass is 79.9. The lowest BCUT2D eigenvalue weighted by molar-refractivity contribution is 0.102. The summed E-state index contributed by atoms with van der Waals surface area (Å²) in [6.07, 6.45) is 0. The number of benzene rings is 3. The Morgan fingerprint density at radius 3 is 2.45 bits per heavy atom. The third-order valence-corrected chi connectivity index (χ3v) is 6.05. The second kappa shape index (κ2) is 7.41. The minimum absolute atomic E-state index is 0.0718. The molecule has 2 N–H and O–H groups in total. The van der Waals surface area contributed by atoms with Crippen molar-refractivity contribution >= 4 is 49.1 Å². The number of fused-ring (bicyclic) bond motifs is 1. The summed E-state index contributed by atoms with van der Waals surface area (Å²) >= 11 is 3.16. The van der Waals surface area contributed by atoms with Gasteiger partial charge in [0.1, 0.15) is 10.7 Å². The Hall–Kier alpha value is -3.04. The van der Waals surface area contributed by atoms with Crippen LogP contribution in [0.15, 0.2) is 80.5 Å². The standard InChI is InChI=1S/C20H13BrFN3O3S/c21-13-7-10-17(16(22)11-13)24-20(26)12-5-8-14(9-6-12)23-19-15-3-1-2-4-18(15)29(27,28)25-19/h1-11H,(H,23,25)(H,24,26). The highest BCUT2D eigenvalue weighted by molar-refractivity contribution is 9.10. The van der Waals surface area contributed by atoms with Crippen LogP contribution >= 0.6 is 15.9 Å². The highest BCUT2D eigenvalue weighted by Crippen LogP contribution is 2.27. The Kier molecular flexibility index (Phi) is 4.93. The second-order valence-corrected chi connectivity index (χ2v) is 8.68. The van der Waals surface area contributed by atoms with Crippen LogP contribution in [0, 0.1) is 5.82 Å². The highest BCUT2D eigenvalue weighted by Gasteiger charge is 2.28. The van der Waals surface area contributed by atoms with Crippen molar-refractivity contribution in [2.75, 3.05) is 10.6 Å². The van der Waals surface area contributed by atoms with Crippen molar-refractivity contribution in [3.63, 3.8) is 0 Å². The molecule has 3 aromatic rings. The lowest BCUT2D eigenvalue weighted by Crippen LogP contribution is -2.14. The second-order valence-electron chi connectivity index (χ2n) is 6.19. The van der Waals surface area contributed by atoms with Gasteiger partial charge in [-0.1, -0.05) is 28.1 Å². The lowest BCUT2D eigenvalue weighted by atomic mass is 10.1. The molecular formula is C20H13BrFN3O3S. The molecule has 0 aliphatic carbocycles. The maximum absolute atomic E-state index is 13.9. The molecule has 9 heteroatoms. The quantitative estimate of drug-likeness (QED) is 0.589. The smallest absolute Gasteiger partial charge is 0.285 e. The van der Waals surface area contributed by atoms with E-state index in [1.807, 2.05) is 0 Å². The fourth-order valence-electron chi connectivity index (χ4n) is 2.82. The predicted octanol–water partition coefficient (Wildman–Crippen LogP) is 4.40. The van der Waals surface area contributed by atoms with Crippen LogP contribution in [-0.4, -0.2) is 20.2 Å². The number of halogens is 2. The van der Waals surface area contributed by atoms with Crippen LogP contribution in [0.5, 0.6) is 0 Å². The first-order valence-electron chi connectivity index (χ1n) is 8.41. The minimum Gasteiger partial charge on any atom is -0.339 e. The zero-order valence-electron chi connectivity index (χ0n) is 14.7. The molecule has 0 atom stereocenters. The first kappa shape index (κ1) is 19.3. The molecule has 4 rings (SSSR count). The largest absolute Gasteiger partial charge is 0.339 e. The van der Waals surface area contributed by atoms with Crippen molar-refractivity contribution in [3.05, 3.63) is 88.1 Å². The molecule has 1 aliphatic rings. The van der Waals surface area contributed by atoms with E-state index in [0.29, 0.717) is 21.3 Å². The van der Waals surface area contributed by atoms with E-state index in [9.17, 15) is 17.6 Å². The molecule has 0 saturated heterocycles. The Labute approximate surface area is 174 Å². The zero-order valence-corrected chi connectivity index (χ0v) is 17.1. The molecule has 29 heavy (non-hydrogen) atoms. The lowest BCUT2D eigenvalue weighted by Gasteiger charge is -2.09. The topological polar surface area (TPSA) is 87.6 Å². The summed E-state index contributed by atoms with van der Waals surface area (Å²) in [5.41, 5.74) is 1.43. The number of rotatable bonds is 3. The van der Waals surface area contributed by atoms with Crippen molar-refractivity contribution in [2.45, 2.75) is 4.90 Å². The fraction of sp³-hybridized carbons (Fsp3) is 0. The van der Waals surface area contributed by atoms with E-state index in [0.717, 1.165) is 0 Å². The van der Waals surface area contributed by atoms with Gasteiger partial charge >= 0.3 is 0 Å². The van der Waals surface area contributed by atoms with E-state index in [1.165, 1.54) is 18.2 Å². The van der Waals surface area contributed by atoms with Crippen molar-refractivity contribution in [1.82, 2.24) is 0 Å². The average Bonchev–Trinajstić information content (AvgIpc) is 2.95. The number of hydrogen-bond acceptors (Lipinski definition) is 4. The van der Waals surface area contributed by atoms with Crippen molar-refractivity contribution in [1.29, 1.82) is 0 Å². The Morgan fingerprint density at radius 2 is 1.72 bits per heavy atom. The summed E-state index contributed by atoms with van der Waals surface area (Å²) in [6.45, 7) is 0. The number of amides is 1. The maximum atomic E-state index is 13.9. The molecule has 0 radical (unpaired) electrons. The van der Waals surface area contributed by atoms with Crippen LogP contribution in [0.4, 0.5) is 15.8 Å². The number of hydrogen-bond donors (Lipinski definition) is 2. The number of nitrogens with zero attached hydrogens (tertiary/aromatic N) is 1. The van der Waals surface area contributed by atoms with Gasteiger partial charge < -0.3 is 10.6 Å². The van der Waals surface area contributed by atoms with Crippen molar-refractivity contribution in [2.24, 2.45) is 4.40 Å². The zero-order chi connectivity index (χ0) is 20.6. The third kappa shape index (κ3) is 3.92. The molecule has 0 unspecified atom stereocenters. The van der Waals surface area contributed by atoms with Gasteiger partial charge in [-0.05, 0) is 54.6 Å². The maximum Gasteiger partial charge on any atom is 0.285 e. The Balaban J connectivity index is 1.51. The van der Waals surface area contributed by atoms with E-state index in [-0.39, 0.29) is 16.4 Å². The molecule has 6 nitrogen and oxygen atoms in total. The number of carbonyl (C=O) groups excluding carboxylic acids is 1. The first-order chi connectivity index (χ1) is 13.8. The Morgan fingerprint density at radius 1 is 1.00 bits per heavy atom. The van der Waals surface area contributed by atoms with Gasteiger partial charge in [-0.15, -0.1) is 4.40 Å². The molecule has 1 heterocycles. The number of nitrogens with one attached hydrogen (secondary N) is 2. The summed E-state index contributed by atoms with van der Waals surface area (Å²) < 4.78 is 42.4. The number of anilines is 2. The summed E-state index contributed by atoms with van der Waals surface area (Å²) in [6, 6.07) is 17.2. The minimum atomic E-state index is -3.72. The van der Waals surface area contributed by atoms with E-state index in [4.69, 9.17) is 0 Å². The molecule has 3 aromatic carbocycles. The van der Waals surface area contributed by atoms with Crippen molar-refractivity contribution in [3.8, 4) is 0 Å². The average molecular weight is 474 g/mol. The predicted molar refractivity (Wildman–Crippen MR) is 112 cm³/mol. The van der Waals surface area contributed by atoms with E-state index >= 15 is 0 Å². The molecule has 0 spiro atoms. The van der Waals surface area contributed by atoms with Crippen LogP contribution in [-0.2, 0) is 10.0 Å². The van der Waals surface area contributed by atoms with E-state index < -0.39 is 21.7 Å². The van der Waals surface area contributed by atoms with Gasteiger partial charge in [0.05, 0.1) is 5.69 Å². The van der Waals surface area contributed by atoms with Crippen LogP contribution in [0.25, 0.3) is 0 Å². The van der Waals surface area contributed by atoms with Gasteiger partial charge in [0.2, 0.25) is 0 Å². The normalized spacial score (nSPS) is 14.1. The van der Waals surface area contributed by atoms with Gasteiger partial charge in [-0.25, -0.2) is 4.39 Å². The summed E-state index contributed by atoms with van der Waals surface area (Å²) in [4.78, 5) is 12.5. The van der Waals surface area contributed by atoms with Crippen molar-refractivity contribution < 1.29 is 17.6 Å². The summed E-state index contributed by atoms with van der Waals surface area (Å²) in [5, 5.41) is 5.47. The fourth-order valence-corrected chi connectivity index (χ4v) is 4.33. The molecule has 1 aliphatic heterocycles. The molecule has 0 fully saturated rings. The van der Waals surface area contributed by atoms with Gasteiger partial charge in [0.25, 0.3) is 15.9 Å². The first-order valence-corrected chi connectivity index (χ1v) is 10.6. The van der Waals surface area contributed by atoms with Crippen LogP contribution in [0.3, 0.4) is 0 Å². The number of carbonyl (C=O) groups is 1. The van der Waals surface area contributed by atoms with Gasteiger partial charge in [0.15, 0.2) is 5.84 Å². The monoisotopic (exact) mass is 473 g/mol. The third-order valence-electron chi connectivity index (χ3n) is 4.22.